The van der Waals surface area contributed by atoms with Crippen molar-refractivity contribution in [1.82, 2.24) is 0 Å². The van der Waals surface area contributed by atoms with Crippen LogP contribution >= 0.6 is 34.5 Å². The number of aryl methyl sites for hydroxylation is 1. The molecule has 1 aromatic carbocycles. The van der Waals surface area contributed by atoms with Gasteiger partial charge in [0.1, 0.15) is 34.2 Å². The average Bonchev–Trinajstić information content (AvgIpc) is 3.37. The van der Waals surface area contributed by atoms with Gasteiger partial charge in [0, 0.05) is 16.5 Å². The normalized spacial score (nSPS) is 13.2. The molecular formula is C23H15Cl2N3O2S. The lowest BCUT2D eigenvalue weighted by atomic mass is 9.96. The Hall–Kier alpha value is -3.03. The Labute approximate surface area is 193 Å². The summed E-state index contributed by atoms with van der Waals surface area (Å²) >= 11 is 13.7. The zero-order valence-corrected chi connectivity index (χ0v) is 18.5. The second kappa shape index (κ2) is 8.99. The first-order valence-corrected chi connectivity index (χ1v) is 11.1. The fourth-order valence-electron chi connectivity index (χ4n) is 3.50. The number of carbonyl (C=O) groups is 1. The second-order valence-corrected chi connectivity index (χ2v) is 8.84. The van der Waals surface area contributed by atoms with Crippen LogP contribution in [0.3, 0.4) is 0 Å². The smallest absolute Gasteiger partial charge is 0.267 e. The summed E-state index contributed by atoms with van der Waals surface area (Å²) in [5.74, 6) is 0.203. The third kappa shape index (κ3) is 4.24. The van der Waals surface area contributed by atoms with E-state index >= 15 is 0 Å². The zero-order valence-electron chi connectivity index (χ0n) is 16.2. The van der Waals surface area contributed by atoms with E-state index in [1.165, 1.54) is 17.4 Å². The minimum Gasteiger partial charge on any atom is -0.457 e. The van der Waals surface area contributed by atoms with Crippen molar-refractivity contribution in [3.8, 4) is 23.5 Å². The third-order valence-corrected chi connectivity index (χ3v) is 7.03. The van der Waals surface area contributed by atoms with Crippen molar-refractivity contribution in [2.75, 3.05) is 5.32 Å². The summed E-state index contributed by atoms with van der Waals surface area (Å²) < 4.78 is 5.75. The lowest BCUT2D eigenvalue weighted by Gasteiger charge is -2.09. The Morgan fingerprint density at radius 1 is 1.16 bits per heavy atom. The molecule has 0 fully saturated rings. The largest absolute Gasteiger partial charge is 0.457 e. The summed E-state index contributed by atoms with van der Waals surface area (Å²) in [6.45, 7) is 0. The molecule has 1 aliphatic carbocycles. The number of fused-ring (bicyclic) bond motifs is 1. The van der Waals surface area contributed by atoms with E-state index in [0.717, 1.165) is 36.1 Å². The van der Waals surface area contributed by atoms with E-state index in [0.29, 0.717) is 37.7 Å². The molecule has 31 heavy (non-hydrogen) atoms. The van der Waals surface area contributed by atoms with E-state index in [4.69, 9.17) is 27.6 Å². The fourth-order valence-corrected chi connectivity index (χ4v) is 5.13. The lowest BCUT2D eigenvalue weighted by Crippen LogP contribution is -2.13. The Balaban J connectivity index is 1.59. The maximum Gasteiger partial charge on any atom is 0.267 e. The molecule has 0 spiro atoms. The van der Waals surface area contributed by atoms with E-state index in [1.807, 2.05) is 6.07 Å². The molecule has 1 amide bonds. The van der Waals surface area contributed by atoms with Gasteiger partial charge >= 0.3 is 0 Å². The number of rotatable bonds is 4. The summed E-state index contributed by atoms with van der Waals surface area (Å²) in [5, 5.41) is 23.0. The summed E-state index contributed by atoms with van der Waals surface area (Å²) in [4.78, 5) is 13.9. The molecular weight excluding hydrogens is 453 g/mol. The Kier molecular flexibility index (Phi) is 6.15. The molecule has 3 aromatic rings. The molecule has 0 atom stereocenters. The quantitative estimate of drug-likeness (QED) is 0.345. The van der Waals surface area contributed by atoms with Crippen LogP contribution in [0, 0.1) is 22.7 Å². The number of carbonyl (C=O) groups excluding carboxylic acids is 1. The van der Waals surface area contributed by atoms with Crippen molar-refractivity contribution in [1.29, 1.82) is 10.5 Å². The molecule has 0 saturated carbocycles. The van der Waals surface area contributed by atoms with Crippen molar-refractivity contribution in [2.45, 2.75) is 25.7 Å². The fraction of sp³-hybridized carbons (Fsp3) is 0.174. The second-order valence-electron chi connectivity index (χ2n) is 6.95. The Morgan fingerprint density at radius 3 is 2.74 bits per heavy atom. The Morgan fingerprint density at radius 2 is 1.97 bits per heavy atom. The molecule has 4 rings (SSSR count). The summed E-state index contributed by atoms with van der Waals surface area (Å²) in [6, 6.07) is 12.6. The summed E-state index contributed by atoms with van der Waals surface area (Å²) in [5.41, 5.74) is 2.00. The van der Waals surface area contributed by atoms with Crippen LogP contribution in [0.25, 0.3) is 17.4 Å². The highest BCUT2D eigenvalue weighted by Gasteiger charge is 2.23. The lowest BCUT2D eigenvalue weighted by molar-refractivity contribution is -0.112. The van der Waals surface area contributed by atoms with Crippen LogP contribution in [0.1, 0.15) is 34.6 Å². The van der Waals surface area contributed by atoms with Crippen LogP contribution in [-0.2, 0) is 17.6 Å². The predicted molar refractivity (Wildman–Crippen MR) is 122 cm³/mol. The SMILES string of the molecule is N#CC(=Cc1ccc(-c2cccc(Cl)c2Cl)o1)C(=O)Nc1sc2c(c1C#N)CCCC2. The topological polar surface area (TPSA) is 89.8 Å². The number of benzene rings is 1. The first-order valence-electron chi connectivity index (χ1n) is 9.53. The predicted octanol–water partition coefficient (Wildman–Crippen LogP) is 6.61. The van der Waals surface area contributed by atoms with E-state index in [2.05, 4.69) is 11.4 Å². The third-order valence-electron chi connectivity index (χ3n) is 5.01. The molecule has 1 aliphatic rings. The van der Waals surface area contributed by atoms with Crippen molar-refractivity contribution in [3.63, 3.8) is 0 Å². The van der Waals surface area contributed by atoms with Crippen LogP contribution < -0.4 is 5.32 Å². The van der Waals surface area contributed by atoms with E-state index < -0.39 is 5.91 Å². The number of hydrogen-bond acceptors (Lipinski definition) is 5. The molecule has 0 aliphatic heterocycles. The van der Waals surface area contributed by atoms with Gasteiger partial charge in [-0.2, -0.15) is 10.5 Å². The van der Waals surface area contributed by atoms with Gasteiger partial charge < -0.3 is 9.73 Å². The maximum atomic E-state index is 12.7. The molecule has 0 radical (unpaired) electrons. The average molecular weight is 468 g/mol. The van der Waals surface area contributed by atoms with Crippen LogP contribution in [0.15, 0.2) is 40.3 Å². The summed E-state index contributed by atoms with van der Waals surface area (Å²) in [7, 11) is 0. The van der Waals surface area contributed by atoms with Gasteiger partial charge in [0.05, 0.1) is 15.6 Å². The minimum absolute atomic E-state index is 0.131. The van der Waals surface area contributed by atoms with Crippen molar-refractivity contribution >= 4 is 51.5 Å². The maximum absolute atomic E-state index is 12.7. The van der Waals surface area contributed by atoms with Gasteiger partial charge in [0.2, 0.25) is 0 Å². The molecule has 0 unspecified atom stereocenters. The van der Waals surface area contributed by atoms with Crippen molar-refractivity contribution in [3.05, 3.63) is 67.7 Å². The number of thiophene rings is 1. The highest BCUT2D eigenvalue weighted by molar-refractivity contribution is 7.16. The molecule has 1 N–H and O–H groups in total. The minimum atomic E-state index is -0.587. The number of nitrogens with zero attached hydrogens (tertiary/aromatic N) is 2. The number of furan rings is 1. The number of nitrogens with one attached hydrogen (secondary N) is 1. The van der Waals surface area contributed by atoms with Gasteiger partial charge in [0.25, 0.3) is 5.91 Å². The van der Waals surface area contributed by atoms with Gasteiger partial charge in [-0.05, 0) is 55.5 Å². The van der Waals surface area contributed by atoms with E-state index in [-0.39, 0.29) is 5.57 Å². The first kappa shape index (κ1) is 21.2. The molecule has 154 valence electrons. The molecule has 0 saturated heterocycles. The van der Waals surface area contributed by atoms with Crippen LogP contribution in [-0.4, -0.2) is 5.91 Å². The van der Waals surface area contributed by atoms with Crippen molar-refractivity contribution < 1.29 is 9.21 Å². The molecule has 5 nitrogen and oxygen atoms in total. The van der Waals surface area contributed by atoms with Gasteiger partial charge in [-0.3, -0.25) is 4.79 Å². The number of anilines is 1. The van der Waals surface area contributed by atoms with E-state index in [1.54, 1.807) is 30.3 Å². The highest BCUT2D eigenvalue weighted by Crippen LogP contribution is 2.38. The van der Waals surface area contributed by atoms with Crippen LogP contribution in [0.5, 0.6) is 0 Å². The van der Waals surface area contributed by atoms with Crippen LogP contribution in [0.2, 0.25) is 10.0 Å². The standard InChI is InChI=1S/C23H15Cl2N3O2S/c24-18-6-3-5-16(21(18)25)19-9-8-14(30-19)10-13(11-26)22(29)28-23-17(12-27)15-4-1-2-7-20(15)31-23/h3,5-6,8-10H,1-2,4,7H2,(H,28,29). The Bertz CT molecular complexity index is 1290. The molecule has 0 bridgehead atoms. The highest BCUT2D eigenvalue weighted by atomic mass is 35.5. The zero-order chi connectivity index (χ0) is 22.0. The number of nitriles is 2. The molecule has 8 heteroatoms. The molecule has 2 aromatic heterocycles. The summed E-state index contributed by atoms with van der Waals surface area (Å²) in [6.07, 6.45) is 5.22. The number of hydrogen-bond donors (Lipinski definition) is 1. The van der Waals surface area contributed by atoms with Gasteiger partial charge in [-0.1, -0.05) is 29.3 Å². The van der Waals surface area contributed by atoms with Gasteiger partial charge in [-0.15, -0.1) is 11.3 Å². The van der Waals surface area contributed by atoms with E-state index in [9.17, 15) is 15.3 Å². The van der Waals surface area contributed by atoms with Gasteiger partial charge in [0.15, 0.2) is 0 Å². The van der Waals surface area contributed by atoms with Crippen molar-refractivity contribution in [2.24, 2.45) is 0 Å². The van der Waals surface area contributed by atoms with Crippen LogP contribution in [0.4, 0.5) is 5.00 Å². The first-order chi connectivity index (χ1) is 15.0. The number of amides is 1. The monoisotopic (exact) mass is 467 g/mol. The van der Waals surface area contributed by atoms with Gasteiger partial charge in [-0.25, -0.2) is 0 Å². The number of halogens is 2. The molecule has 2 heterocycles.